The summed E-state index contributed by atoms with van der Waals surface area (Å²) in [6, 6.07) is 4.26. The Morgan fingerprint density at radius 3 is 2.81 bits per heavy atom. The molecule has 1 amide bonds. The molecule has 5 nitrogen and oxygen atoms in total. The van der Waals surface area contributed by atoms with Crippen molar-refractivity contribution in [1.29, 1.82) is 0 Å². The summed E-state index contributed by atoms with van der Waals surface area (Å²) >= 11 is 0. The Kier molecular flexibility index (Phi) is 4.83. The third kappa shape index (κ3) is 3.60. The van der Waals surface area contributed by atoms with Gasteiger partial charge in [-0.05, 0) is 31.4 Å². The van der Waals surface area contributed by atoms with E-state index in [-0.39, 0.29) is 5.91 Å². The SMILES string of the molecule is O=C(c1cccnc1)N1CCC(N2CCCOCC2)CC1. The van der Waals surface area contributed by atoms with Gasteiger partial charge in [-0.25, -0.2) is 0 Å². The van der Waals surface area contributed by atoms with E-state index in [1.807, 2.05) is 17.0 Å². The van der Waals surface area contributed by atoms with Crippen molar-refractivity contribution in [2.75, 3.05) is 39.4 Å². The maximum absolute atomic E-state index is 12.4. The molecule has 0 aliphatic carbocycles. The normalized spacial score (nSPS) is 22.0. The highest BCUT2D eigenvalue weighted by atomic mass is 16.5. The van der Waals surface area contributed by atoms with Gasteiger partial charge >= 0.3 is 0 Å². The number of rotatable bonds is 2. The van der Waals surface area contributed by atoms with Crippen LogP contribution in [0, 0.1) is 0 Å². The summed E-state index contributed by atoms with van der Waals surface area (Å²) < 4.78 is 5.52. The lowest BCUT2D eigenvalue weighted by atomic mass is 10.0. The number of carbonyl (C=O) groups is 1. The Morgan fingerprint density at radius 1 is 1.19 bits per heavy atom. The van der Waals surface area contributed by atoms with Gasteiger partial charge in [-0.1, -0.05) is 0 Å². The van der Waals surface area contributed by atoms with E-state index >= 15 is 0 Å². The minimum Gasteiger partial charge on any atom is -0.380 e. The number of nitrogens with zero attached hydrogens (tertiary/aromatic N) is 3. The maximum atomic E-state index is 12.4. The molecular formula is C16H23N3O2. The minimum atomic E-state index is 0.112. The van der Waals surface area contributed by atoms with Crippen LogP contribution in [0.3, 0.4) is 0 Å². The molecule has 0 aromatic carbocycles. The zero-order valence-electron chi connectivity index (χ0n) is 12.4. The van der Waals surface area contributed by atoms with Crippen molar-refractivity contribution >= 4 is 5.91 Å². The van der Waals surface area contributed by atoms with Crippen LogP contribution in [0.1, 0.15) is 29.6 Å². The molecule has 0 unspecified atom stereocenters. The molecule has 2 aliphatic rings. The molecule has 0 atom stereocenters. The fourth-order valence-electron chi connectivity index (χ4n) is 3.24. The minimum absolute atomic E-state index is 0.112. The summed E-state index contributed by atoms with van der Waals surface area (Å²) in [6.45, 7) is 5.57. The van der Waals surface area contributed by atoms with Crippen LogP contribution in [-0.4, -0.2) is 66.1 Å². The molecule has 21 heavy (non-hydrogen) atoms. The van der Waals surface area contributed by atoms with Crippen LogP contribution in [0.15, 0.2) is 24.5 Å². The Balaban J connectivity index is 1.54. The molecule has 5 heteroatoms. The fraction of sp³-hybridized carbons (Fsp3) is 0.625. The Morgan fingerprint density at radius 2 is 2.05 bits per heavy atom. The van der Waals surface area contributed by atoms with E-state index in [1.54, 1.807) is 12.4 Å². The Bertz CT molecular complexity index is 450. The standard InChI is InChI=1S/C16H23N3O2/c20-16(14-3-1-6-17-13-14)19-8-4-15(5-9-19)18-7-2-11-21-12-10-18/h1,3,6,13,15H,2,4-5,7-12H2. The summed E-state index contributed by atoms with van der Waals surface area (Å²) in [5.74, 6) is 0.112. The molecule has 3 heterocycles. The van der Waals surface area contributed by atoms with Gasteiger partial charge in [0.25, 0.3) is 5.91 Å². The summed E-state index contributed by atoms with van der Waals surface area (Å²) in [6.07, 6.45) is 6.60. The topological polar surface area (TPSA) is 45.7 Å². The second-order valence-electron chi connectivity index (χ2n) is 5.77. The lowest BCUT2D eigenvalue weighted by molar-refractivity contribution is 0.0608. The van der Waals surface area contributed by atoms with Gasteiger partial charge in [-0.3, -0.25) is 14.7 Å². The van der Waals surface area contributed by atoms with Crippen molar-refractivity contribution in [3.63, 3.8) is 0 Å². The fourth-order valence-corrected chi connectivity index (χ4v) is 3.24. The monoisotopic (exact) mass is 289 g/mol. The van der Waals surface area contributed by atoms with Crippen molar-refractivity contribution < 1.29 is 9.53 Å². The third-order valence-corrected chi connectivity index (χ3v) is 4.43. The molecule has 3 rings (SSSR count). The molecule has 1 aromatic heterocycles. The van der Waals surface area contributed by atoms with Gasteiger partial charge in [-0.15, -0.1) is 0 Å². The lowest BCUT2D eigenvalue weighted by Crippen LogP contribution is -2.47. The van der Waals surface area contributed by atoms with Crippen LogP contribution in [0.25, 0.3) is 0 Å². The molecule has 0 saturated carbocycles. The Labute approximate surface area is 125 Å². The second-order valence-corrected chi connectivity index (χ2v) is 5.77. The molecule has 0 spiro atoms. The highest BCUT2D eigenvalue weighted by molar-refractivity contribution is 5.93. The van der Waals surface area contributed by atoms with E-state index in [2.05, 4.69) is 9.88 Å². The van der Waals surface area contributed by atoms with Crippen LogP contribution in [0.2, 0.25) is 0 Å². The number of aromatic nitrogens is 1. The number of carbonyl (C=O) groups excluding carboxylic acids is 1. The highest BCUT2D eigenvalue weighted by Gasteiger charge is 2.27. The third-order valence-electron chi connectivity index (χ3n) is 4.43. The molecular weight excluding hydrogens is 266 g/mol. The molecule has 0 bridgehead atoms. The van der Waals surface area contributed by atoms with Crippen molar-refractivity contribution in [2.45, 2.75) is 25.3 Å². The van der Waals surface area contributed by atoms with Gasteiger partial charge < -0.3 is 9.64 Å². The van der Waals surface area contributed by atoms with Crippen LogP contribution < -0.4 is 0 Å². The quantitative estimate of drug-likeness (QED) is 0.826. The van der Waals surface area contributed by atoms with Crippen LogP contribution in [-0.2, 0) is 4.74 Å². The number of ether oxygens (including phenoxy) is 1. The van der Waals surface area contributed by atoms with Crippen LogP contribution in [0.4, 0.5) is 0 Å². The summed E-state index contributed by atoms with van der Waals surface area (Å²) in [5, 5.41) is 0. The second kappa shape index (κ2) is 7.00. The van der Waals surface area contributed by atoms with E-state index in [9.17, 15) is 4.79 Å². The predicted molar refractivity (Wildman–Crippen MR) is 80.2 cm³/mol. The number of amides is 1. The molecule has 0 radical (unpaired) electrons. The van der Waals surface area contributed by atoms with E-state index < -0.39 is 0 Å². The lowest BCUT2D eigenvalue weighted by Gasteiger charge is -2.38. The highest BCUT2D eigenvalue weighted by Crippen LogP contribution is 2.19. The average molecular weight is 289 g/mol. The summed E-state index contributed by atoms with van der Waals surface area (Å²) in [5.41, 5.74) is 0.694. The van der Waals surface area contributed by atoms with E-state index in [4.69, 9.17) is 4.74 Å². The van der Waals surface area contributed by atoms with Crippen LogP contribution >= 0.6 is 0 Å². The molecule has 2 saturated heterocycles. The maximum Gasteiger partial charge on any atom is 0.255 e. The van der Waals surface area contributed by atoms with Crippen molar-refractivity contribution in [1.82, 2.24) is 14.8 Å². The first kappa shape index (κ1) is 14.5. The number of hydrogen-bond acceptors (Lipinski definition) is 4. The average Bonchev–Trinajstić information content (AvgIpc) is 2.84. The number of pyridine rings is 1. The smallest absolute Gasteiger partial charge is 0.255 e. The van der Waals surface area contributed by atoms with Gasteiger partial charge in [0.2, 0.25) is 0 Å². The van der Waals surface area contributed by atoms with Gasteiger partial charge in [0.05, 0.1) is 12.2 Å². The van der Waals surface area contributed by atoms with Gasteiger partial charge in [-0.2, -0.15) is 0 Å². The van der Waals surface area contributed by atoms with Gasteiger partial charge in [0.15, 0.2) is 0 Å². The molecule has 114 valence electrons. The van der Waals surface area contributed by atoms with Gasteiger partial charge in [0, 0.05) is 51.2 Å². The Hall–Kier alpha value is -1.46. The summed E-state index contributed by atoms with van der Waals surface area (Å²) in [4.78, 5) is 20.9. The van der Waals surface area contributed by atoms with E-state index in [0.717, 1.165) is 58.7 Å². The molecule has 2 fully saturated rings. The first-order valence-corrected chi connectivity index (χ1v) is 7.86. The first-order valence-electron chi connectivity index (χ1n) is 7.86. The molecule has 2 aliphatic heterocycles. The number of likely N-dealkylation sites (tertiary alicyclic amines) is 1. The predicted octanol–water partition coefficient (Wildman–Crippen LogP) is 1.41. The zero-order chi connectivity index (χ0) is 14.5. The van der Waals surface area contributed by atoms with Crippen molar-refractivity contribution in [3.8, 4) is 0 Å². The largest absolute Gasteiger partial charge is 0.380 e. The van der Waals surface area contributed by atoms with Crippen molar-refractivity contribution in [2.24, 2.45) is 0 Å². The van der Waals surface area contributed by atoms with Crippen molar-refractivity contribution in [3.05, 3.63) is 30.1 Å². The zero-order valence-corrected chi connectivity index (χ0v) is 12.4. The number of piperidine rings is 1. The van der Waals surface area contributed by atoms with Crippen LogP contribution in [0.5, 0.6) is 0 Å². The molecule has 0 N–H and O–H groups in total. The van der Waals surface area contributed by atoms with Gasteiger partial charge in [0.1, 0.15) is 0 Å². The molecule has 1 aromatic rings. The summed E-state index contributed by atoms with van der Waals surface area (Å²) in [7, 11) is 0. The number of hydrogen-bond donors (Lipinski definition) is 0. The first-order chi connectivity index (χ1) is 10.3. The van der Waals surface area contributed by atoms with E-state index in [0.29, 0.717) is 11.6 Å². The van der Waals surface area contributed by atoms with E-state index in [1.165, 1.54) is 0 Å².